The maximum atomic E-state index is 5.51. The van der Waals surface area contributed by atoms with Crippen LogP contribution in [0.15, 0.2) is 40.6 Å². The number of allylic oxidation sites excluding steroid dienone is 3. The number of piperidine rings is 2. The van der Waals surface area contributed by atoms with Gasteiger partial charge in [0.05, 0.1) is 0 Å². The first-order valence-electron chi connectivity index (χ1n) is 11.7. The Kier molecular flexibility index (Phi) is 9.09. The molecule has 0 aliphatic carbocycles. The smallest absolute Gasteiger partial charge is 0.170 e. The maximum absolute atomic E-state index is 5.51. The van der Waals surface area contributed by atoms with Crippen molar-refractivity contribution in [1.82, 2.24) is 20.4 Å². The highest BCUT2D eigenvalue weighted by Gasteiger charge is 2.24. The standard InChI is InChI=1S/C24H39N5S/c1-4-21(27-24(30)25-11-16-28-12-7-5-8-13-28)18-22-19(2)17-23(26-20(22)3)29-14-9-6-10-15-29/h4,18,23H,1,5-17H2,2-3H3,(H2,25,27,30)/b21-18+/t23-/m1/s1. The Morgan fingerprint density at radius 1 is 1.10 bits per heavy atom. The second kappa shape index (κ2) is 11.8. The summed E-state index contributed by atoms with van der Waals surface area (Å²) in [6.07, 6.45) is 13.3. The number of thiocarbonyl (C=S) groups is 1. The molecule has 0 radical (unpaired) electrons. The molecule has 3 aliphatic heterocycles. The van der Waals surface area contributed by atoms with E-state index in [1.54, 1.807) is 0 Å². The van der Waals surface area contributed by atoms with Crippen LogP contribution in [0.25, 0.3) is 0 Å². The van der Waals surface area contributed by atoms with Gasteiger partial charge in [0.25, 0.3) is 0 Å². The molecule has 0 aromatic carbocycles. The van der Waals surface area contributed by atoms with Crippen molar-refractivity contribution in [2.24, 2.45) is 4.99 Å². The zero-order chi connectivity index (χ0) is 21.3. The molecule has 5 nitrogen and oxygen atoms in total. The predicted octanol–water partition coefficient (Wildman–Crippen LogP) is 4.00. The van der Waals surface area contributed by atoms with Crippen molar-refractivity contribution >= 4 is 23.0 Å². The zero-order valence-corrected chi connectivity index (χ0v) is 19.7. The summed E-state index contributed by atoms with van der Waals surface area (Å²) in [5.74, 6) is 0. The molecule has 166 valence electrons. The van der Waals surface area contributed by atoms with Crippen LogP contribution in [0.5, 0.6) is 0 Å². The van der Waals surface area contributed by atoms with E-state index in [1.165, 1.54) is 75.9 Å². The Morgan fingerprint density at radius 3 is 2.40 bits per heavy atom. The van der Waals surface area contributed by atoms with E-state index in [2.05, 4.69) is 46.9 Å². The molecule has 2 fully saturated rings. The van der Waals surface area contributed by atoms with Crippen molar-refractivity contribution in [3.63, 3.8) is 0 Å². The Hall–Kier alpha value is -1.50. The van der Waals surface area contributed by atoms with Crippen LogP contribution in [0, 0.1) is 0 Å². The molecule has 3 aliphatic rings. The van der Waals surface area contributed by atoms with Crippen LogP contribution in [0.4, 0.5) is 0 Å². The fraction of sp³-hybridized carbons (Fsp3) is 0.667. The first-order chi connectivity index (χ1) is 14.6. The molecule has 3 rings (SSSR count). The van der Waals surface area contributed by atoms with Crippen LogP contribution in [0.1, 0.15) is 58.8 Å². The summed E-state index contributed by atoms with van der Waals surface area (Å²) in [6, 6.07) is 0. The van der Waals surface area contributed by atoms with E-state index in [9.17, 15) is 0 Å². The summed E-state index contributed by atoms with van der Waals surface area (Å²) in [5.41, 5.74) is 4.63. The predicted molar refractivity (Wildman–Crippen MR) is 132 cm³/mol. The Morgan fingerprint density at radius 2 is 1.77 bits per heavy atom. The fourth-order valence-electron chi connectivity index (χ4n) is 4.67. The number of likely N-dealkylation sites (tertiary alicyclic amines) is 2. The lowest BCUT2D eigenvalue weighted by Crippen LogP contribution is -2.41. The average molecular weight is 430 g/mol. The third kappa shape index (κ3) is 6.76. The van der Waals surface area contributed by atoms with Crippen LogP contribution < -0.4 is 10.6 Å². The van der Waals surface area contributed by atoms with Gasteiger partial charge >= 0.3 is 0 Å². The van der Waals surface area contributed by atoms with Crippen molar-refractivity contribution in [3.05, 3.63) is 35.6 Å². The largest absolute Gasteiger partial charge is 0.361 e. The molecule has 0 bridgehead atoms. The van der Waals surface area contributed by atoms with Gasteiger partial charge in [0.2, 0.25) is 0 Å². The highest BCUT2D eigenvalue weighted by atomic mass is 32.1. The molecule has 0 unspecified atom stereocenters. The van der Waals surface area contributed by atoms with E-state index in [1.807, 2.05) is 6.08 Å². The quantitative estimate of drug-likeness (QED) is 0.473. The van der Waals surface area contributed by atoms with E-state index in [0.29, 0.717) is 11.3 Å². The highest BCUT2D eigenvalue weighted by Crippen LogP contribution is 2.26. The van der Waals surface area contributed by atoms with Gasteiger partial charge in [0.1, 0.15) is 6.17 Å². The van der Waals surface area contributed by atoms with Crippen molar-refractivity contribution in [2.45, 2.75) is 65.0 Å². The highest BCUT2D eigenvalue weighted by molar-refractivity contribution is 7.80. The van der Waals surface area contributed by atoms with E-state index >= 15 is 0 Å². The fourth-order valence-corrected chi connectivity index (χ4v) is 4.89. The van der Waals surface area contributed by atoms with Crippen molar-refractivity contribution in [2.75, 3.05) is 39.3 Å². The SMILES string of the molecule is C=C/C(=C\C1=C(C)C[C@@H](N2CCCCC2)N=C1C)NC(=S)NCCN1CCCCC1. The number of dihydropyridines is 1. The topological polar surface area (TPSA) is 42.9 Å². The van der Waals surface area contributed by atoms with Gasteiger partial charge in [-0.25, -0.2) is 0 Å². The molecule has 0 amide bonds. The van der Waals surface area contributed by atoms with E-state index in [-0.39, 0.29) is 0 Å². The lowest BCUT2D eigenvalue weighted by molar-refractivity contribution is 0.165. The summed E-state index contributed by atoms with van der Waals surface area (Å²) in [6.45, 7) is 15.0. The molecular weight excluding hydrogens is 390 g/mol. The summed E-state index contributed by atoms with van der Waals surface area (Å²) >= 11 is 5.51. The molecule has 0 spiro atoms. The van der Waals surface area contributed by atoms with E-state index < -0.39 is 0 Å². The van der Waals surface area contributed by atoms with Gasteiger partial charge in [-0.05, 0) is 82.6 Å². The monoisotopic (exact) mass is 429 g/mol. The molecule has 0 saturated carbocycles. The van der Waals surface area contributed by atoms with E-state index in [0.717, 1.165) is 30.9 Å². The van der Waals surface area contributed by atoms with Crippen LogP contribution in [0.3, 0.4) is 0 Å². The first-order valence-corrected chi connectivity index (χ1v) is 12.1. The third-order valence-electron chi connectivity index (χ3n) is 6.43. The lowest BCUT2D eigenvalue weighted by Gasteiger charge is -2.35. The number of hydrogen-bond donors (Lipinski definition) is 2. The first kappa shape index (κ1) is 23.2. The second-order valence-electron chi connectivity index (χ2n) is 8.78. The minimum atomic E-state index is 0.306. The summed E-state index contributed by atoms with van der Waals surface area (Å²) in [5, 5.41) is 7.31. The van der Waals surface area contributed by atoms with Gasteiger partial charge in [-0.2, -0.15) is 0 Å². The Labute approximate surface area is 188 Å². The maximum Gasteiger partial charge on any atom is 0.170 e. The lowest BCUT2D eigenvalue weighted by atomic mass is 9.96. The number of hydrogen-bond acceptors (Lipinski definition) is 4. The number of nitrogens with one attached hydrogen (secondary N) is 2. The molecule has 1 atom stereocenters. The van der Waals surface area contributed by atoms with Crippen molar-refractivity contribution < 1.29 is 0 Å². The molecule has 0 aromatic heterocycles. The summed E-state index contributed by atoms with van der Waals surface area (Å²) in [4.78, 5) is 10.1. The van der Waals surface area contributed by atoms with Crippen LogP contribution in [0.2, 0.25) is 0 Å². The van der Waals surface area contributed by atoms with Gasteiger partial charge in [-0.3, -0.25) is 9.89 Å². The van der Waals surface area contributed by atoms with Gasteiger partial charge in [-0.1, -0.05) is 25.0 Å². The Balaban J connectivity index is 1.53. The average Bonchev–Trinajstić information content (AvgIpc) is 2.76. The third-order valence-corrected chi connectivity index (χ3v) is 6.68. The van der Waals surface area contributed by atoms with Crippen molar-refractivity contribution in [3.8, 4) is 0 Å². The Bertz CT molecular complexity index is 696. The minimum absolute atomic E-state index is 0.306. The van der Waals surface area contributed by atoms with Gasteiger partial charge in [0, 0.05) is 44.0 Å². The van der Waals surface area contributed by atoms with Gasteiger partial charge in [0.15, 0.2) is 5.11 Å². The molecular formula is C24H39N5S. The van der Waals surface area contributed by atoms with Crippen LogP contribution in [-0.4, -0.2) is 66.1 Å². The number of nitrogens with zero attached hydrogens (tertiary/aromatic N) is 3. The van der Waals surface area contributed by atoms with Gasteiger partial charge < -0.3 is 15.5 Å². The molecule has 2 N–H and O–H groups in total. The van der Waals surface area contributed by atoms with Crippen molar-refractivity contribution in [1.29, 1.82) is 0 Å². The summed E-state index contributed by atoms with van der Waals surface area (Å²) < 4.78 is 0. The van der Waals surface area contributed by atoms with Crippen LogP contribution >= 0.6 is 12.2 Å². The molecule has 0 aromatic rings. The minimum Gasteiger partial charge on any atom is -0.361 e. The van der Waals surface area contributed by atoms with Crippen LogP contribution in [-0.2, 0) is 0 Å². The van der Waals surface area contributed by atoms with Gasteiger partial charge in [-0.15, -0.1) is 0 Å². The normalized spacial score (nSPS) is 24.4. The zero-order valence-electron chi connectivity index (χ0n) is 18.9. The number of aliphatic imine (C=N–C) groups is 1. The molecule has 3 heterocycles. The molecule has 6 heteroatoms. The number of rotatable bonds is 7. The summed E-state index contributed by atoms with van der Waals surface area (Å²) in [7, 11) is 0. The van der Waals surface area contributed by atoms with E-state index in [4.69, 9.17) is 17.2 Å². The molecule has 30 heavy (non-hydrogen) atoms. The second-order valence-corrected chi connectivity index (χ2v) is 9.19. The molecule has 2 saturated heterocycles.